The molecule has 12 nitrogen and oxygen atoms in total. The minimum absolute atomic E-state index is 0.0539. The smallest absolute Gasteiger partial charge is 0.261 e. The Hall–Kier alpha value is -4.17. The first-order valence-electron chi connectivity index (χ1n) is 13.6. The molecule has 0 unspecified atom stereocenters. The van der Waals surface area contributed by atoms with Gasteiger partial charge in [0.2, 0.25) is 10.0 Å². The number of amides is 3. The predicted octanol–water partition coefficient (Wildman–Crippen LogP) is 1.99. The topological polar surface area (TPSA) is 138 Å². The molecule has 2 fully saturated rings. The molecule has 3 amide bonds. The fourth-order valence-electron chi connectivity index (χ4n) is 5.23. The second-order valence-electron chi connectivity index (χ2n) is 10.1. The zero-order chi connectivity index (χ0) is 29.3. The summed E-state index contributed by atoms with van der Waals surface area (Å²) in [6.07, 6.45) is 3.17. The number of hydrogen-bond acceptors (Lipinski definition) is 9. The molecule has 42 heavy (non-hydrogen) atoms. The highest BCUT2D eigenvalue weighted by atomic mass is 32.2. The van der Waals surface area contributed by atoms with Gasteiger partial charge in [-0.3, -0.25) is 24.3 Å². The average Bonchev–Trinajstić information content (AvgIpc) is 3.26. The molecule has 3 aliphatic heterocycles. The Morgan fingerprint density at radius 3 is 2.21 bits per heavy atom. The molecule has 0 aliphatic carbocycles. The summed E-state index contributed by atoms with van der Waals surface area (Å²) in [4.78, 5) is 46.8. The van der Waals surface area contributed by atoms with Crippen molar-refractivity contribution in [1.82, 2.24) is 14.2 Å². The number of sulfonamides is 1. The zero-order valence-electron chi connectivity index (χ0n) is 22.7. The van der Waals surface area contributed by atoms with Crippen LogP contribution < -0.4 is 10.2 Å². The first-order valence-corrected chi connectivity index (χ1v) is 15.0. The number of imide groups is 1. The third-order valence-corrected chi connectivity index (χ3v) is 9.39. The number of carbonyl (C=O) groups is 3. The van der Waals surface area contributed by atoms with Crippen molar-refractivity contribution in [2.24, 2.45) is 0 Å². The monoisotopic (exact) mass is 591 g/mol. The maximum absolute atomic E-state index is 13.5. The van der Waals surface area contributed by atoms with Crippen LogP contribution in [0.3, 0.4) is 0 Å². The summed E-state index contributed by atoms with van der Waals surface area (Å²) in [5, 5.41) is 2.86. The Labute approximate surface area is 242 Å². The van der Waals surface area contributed by atoms with Crippen molar-refractivity contribution in [2.75, 3.05) is 62.8 Å². The Bertz CT molecular complexity index is 1640. The number of morpholine rings is 2. The maximum Gasteiger partial charge on any atom is 0.261 e. The largest absolute Gasteiger partial charge is 0.379 e. The van der Waals surface area contributed by atoms with Crippen molar-refractivity contribution in [3.8, 4) is 0 Å². The Morgan fingerprint density at radius 1 is 0.833 bits per heavy atom. The van der Waals surface area contributed by atoms with E-state index in [9.17, 15) is 22.8 Å². The highest BCUT2D eigenvalue weighted by molar-refractivity contribution is 7.89. The summed E-state index contributed by atoms with van der Waals surface area (Å²) in [5.74, 6) is -1.47. The molecule has 2 saturated heterocycles. The van der Waals surface area contributed by atoms with Gasteiger partial charge in [-0.1, -0.05) is 0 Å². The number of pyridine rings is 1. The van der Waals surface area contributed by atoms with Crippen LogP contribution in [0.25, 0.3) is 0 Å². The molecule has 0 radical (unpaired) electrons. The van der Waals surface area contributed by atoms with E-state index in [-0.39, 0.29) is 41.2 Å². The number of rotatable bonds is 7. The van der Waals surface area contributed by atoms with Crippen LogP contribution in [0.15, 0.2) is 65.8 Å². The van der Waals surface area contributed by atoms with Gasteiger partial charge in [0.05, 0.1) is 60.4 Å². The Balaban J connectivity index is 1.28. The van der Waals surface area contributed by atoms with E-state index < -0.39 is 27.7 Å². The minimum Gasteiger partial charge on any atom is -0.379 e. The van der Waals surface area contributed by atoms with E-state index >= 15 is 0 Å². The first-order chi connectivity index (χ1) is 20.3. The van der Waals surface area contributed by atoms with Crippen LogP contribution in [-0.2, 0) is 26.0 Å². The van der Waals surface area contributed by atoms with Crippen LogP contribution in [0.5, 0.6) is 0 Å². The van der Waals surface area contributed by atoms with Crippen molar-refractivity contribution in [3.63, 3.8) is 0 Å². The number of nitrogens with zero attached hydrogens (tertiary/aromatic N) is 4. The first kappa shape index (κ1) is 28.0. The summed E-state index contributed by atoms with van der Waals surface area (Å²) < 4.78 is 38.9. The van der Waals surface area contributed by atoms with E-state index in [0.29, 0.717) is 50.9 Å². The molecular weight excluding hydrogens is 562 g/mol. The van der Waals surface area contributed by atoms with Crippen LogP contribution in [0.1, 0.15) is 36.6 Å². The van der Waals surface area contributed by atoms with Crippen molar-refractivity contribution in [2.45, 2.75) is 11.4 Å². The summed E-state index contributed by atoms with van der Waals surface area (Å²) >= 11 is 0. The summed E-state index contributed by atoms with van der Waals surface area (Å²) in [6.45, 7) is 3.34. The van der Waals surface area contributed by atoms with Gasteiger partial charge < -0.3 is 19.7 Å². The van der Waals surface area contributed by atoms with Gasteiger partial charge in [-0.15, -0.1) is 0 Å². The lowest BCUT2D eigenvalue weighted by atomic mass is 10.1. The molecule has 4 heterocycles. The van der Waals surface area contributed by atoms with Gasteiger partial charge in [-0.05, 0) is 54.1 Å². The molecule has 0 spiro atoms. The highest BCUT2D eigenvalue weighted by Gasteiger charge is 2.36. The zero-order valence-corrected chi connectivity index (χ0v) is 23.5. The van der Waals surface area contributed by atoms with E-state index in [0.717, 1.165) is 10.5 Å². The quantitative estimate of drug-likeness (QED) is 0.409. The molecule has 3 aromatic rings. The van der Waals surface area contributed by atoms with Crippen molar-refractivity contribution < 1.29 is 32.3 Å². The number of nitrogens with one attached hydrogen (secondary N) is 1. The molecule has 0 bridgehead atoms. The van der Waals surface area contributed by atoms with Crippen molar-refractivity contribution in [1.29, 1.82) is 0 Å². The van der Waals surface area contributed by atoms with Gasteiger partial charge in [0.15, 0.2) is 0 Å². The molecule has 13 heteroatoms. The molecule has 6 rings (SSSR count). The van der Waals surface area contributed by atoms with Gasteiger partial charge in [-0.2, -0.15) is 4.31 Å². The van der Waals surface area contributed by atoms with Crippen LogP contribution in [0, 0.1) is 0 Å². The van der Waals surface area contributed by atoms with Crippen LogP contribution in [0.2, 0.25) is 0 Å². The van der Waals surface area contributed by atoms with Crippen LogP contribution in [-0.4, -0.2) is 92.9 Å². The van der Waals surface area contributed by atoms with E-state index in [1.54, 1.807) is 36.7 Å². The lowest BCUT2D eigenvalue weighted by Crippen LogP contribution is -2.40. The molecule has 0 atom stereocenters. The van der Waals surface area contributed by atoms with Crippen molar-refractivity contribution in [3.05, 3.63) is 83.2 Å². The molecule has 1 aromatic heterocycles. The third-order valence-electron chi connectivity index (χ3n) is 7.50. The summed E-state index contributed by atoms with van der Waals surface area (Å²) in [6, 6.07) is 12.5. The van der Waals surface area contributed by atoms with Gasteiger partial charge in [-0.25, -0.2) is 8.42 Å². The van der Waals surface area contributed by atoms with Gasteiger partial charge >= 0.3 is 0 Å². The van der Waals surface area contributed by atoms with Gasteiger partial charge in [0.25, 0.3) is 17.7 Å². The highest BCUT2D eigenvalue weighted by Crippen LogP contribution is 2.32. The summed E-state index contributed by atoms with van der Waals surface area (Å²) in [7, 11) is -3.82. The second kappa shape index (κ2) is 11.6. The fourth-order valence-corrected chi connectivity index (χ4v) is 6.67. The second-order valence-corrected chi connectivity index (χ2v) is 12.0. The van der Waals surface area contributed by atoms with E-state index in [1.165, 1.54) is 28.6 Å². The summed E-state index contributed by atoms with van der Waals surface area (Å²) in [5.41, 5.74) is 2.24. The number of aromatic nitrogens is 1. The molecule has 218 valence electrons. The molecular formula is C29H29N5O7S. The maximum atomic E-state index is 13.5. The van der Waals surface area contributed by atoms with E-state index in [1.807, 2.05) is 4.90 Å². The van der Waals surface area contributed by atoms with E-state index in [4.69, 9.17) is 9.47 Å². The number of hydrogen-bond donors (Lipinski definition) is 1. The Morgan fingerprint density at radius 2 is 1.50 bits per heavy atom. The van der Waals surface area contributed by atoms with Crippen molar-refractivity contribution >= 4 is 39.1 Å². The SMILES string of the molecule is O=C(Nc1cc(S(=O)(=O)N2CCOCC2)ccc1N1CCOCC1)c1ccc2c(c1)C(=O)N(Cc1ccncc1)C2=O. The number of ether oxygens (including phenoxy) is 2. The van der Waals surface area contributed by atoms with Gasteiger partial charge in [0, 0.05) is 44.1 Å². The Kier molecular flexibility index (Phi) is 7.73. The third kappa shape index (κ3) is 5.39. The fraction of sp³-hybridized carbons (Fsp3) is 0.310. The number of carbonyl (C=O) groups excluding carboxylic acids is 3. The van der Waals surface area contributed by atoms with Gasteiger partial charge in [0.1, 0.15) is 0 Å². The van der Waals surface area contributed by atoms with Crippen LogP contribution in [0.4, 0.5) is 11.4 Å². The minimum atomic E-state index is -3.82. The predicted molar refractivity (Wildman–Crippen MR) is 152 cm³/mol. The lowest BCUT2D eigenvalue weighted by molar-refractivity contribution is 0.0642. The number of benzene rings is 2. The molecule has 0 saturated carbocycles. The van der Waals surface area contributed by atoms with Crippen LogP contribution >= 0.6 is 0 Å². The molecule has 3 aliphatic rings. The standard InChI is InChI=1S/C29H29N5O7S/c35-27(21-1-3-23-24(17-21)29(37)34(28(23)36)19-20-5-7-30-8-6-20)31-25-18-22(42(38,39)33-11-15-41-16-12-33)2-4-26(25)32-9-13-40-14-10-32/h1-8,17-18H,9-16,19H2,(H,31,35). The molecule has 2 aromatic carbocycles. The molecule has 1 N–H and O–H groups in total. The lowest BCUT2D eigenvalue weighted by Gasteiger charge is -2.31. The normalized spacial score (nSPS) is 17.8. The number of fused-ring (bicyclic) bond motifs is 1. The number of anilines is 2. The van der Waals surface area contributed by atoms with E-state index in [2.05, 4.69) is 10.3 Å². The average molecular weight is 592 g/mol.